The van der Waals surface area contributed by atoms with Crippen LogP contribution in [0, 0.1) is 0 Å². The standard InChI is InChI=1S/2C12H10N3O.Co/c2*16-11-6-2-1-5-10(11)9-14-15-12-7-3-4-8-13-12;/h2*1-9H,(H-,13,14,15,16);/q2*-1;+2/p+2. The molecule has 0 aliphatic heterocycles. The van der Waals surface area contributed by atoms with Crippen LogP contribution < -0.4 is 0 Å². The topological polar surface area (TPSA) is 125 Å². The SMILES string of the molecule is [Co+2].[OH2+]c1ccccc1C=N[N-]c1ccccn1.[OH2+]c1ccccc1C=N[N-]c1ccccn1. The molecule has 0 saturated carbocycles. The van der Waals surface area contributed by atoms with Gasteiger partial charge in [0.25, 0.3) is 11.5 Å². The van der Waals surface area contributed by atoms with E-state index < -0.39 is 0 Å². The normalized spacial score (nSPS) is 10.2. The number of hydrogen-bond acceptors (Lipinski definition) is 4. The van der Waals surface area contributed by atoms with Crippen molar-refractivity contribution in [1.82, 2.24) is 9.97 Å². The molecule has 4 N–H and O–H groups in total. The van der Waals surface area contributed by atoms with Crippen LogP contribution in [-0.2, 0) is 16.8 Å². The van der Waals surface area contributed by atoms with E-state index >= 15 is 0 Å². The van der Waals surface area contributed by atoms with Gasteiger partial charge in [-0.2, -0.15) is 0 Å². The third kappa shape index (κ3) is 8.81. The Kier molecular flexibility index (Phi) is 10.6. The molecule has 8 nitrogen and oxygen atoms in total. The summed E-state index contributed by atoms with van der Waals surface area (Å²) < 4.78 is 0. The summed E-state index contributed by atoms with van der Waals surface area (Å²) in [7, 11) is 0. The molecule has 2 aromatic carbocycles. The average molecular weight is 485 g/mol. The molecule has 9 heteroatoms. The Morgan fingerprint density at radius 3 is 1.33 bits per heavy atom. The number of nitrogens with zero attached hydrogens (tertiary/aromatic N) is 6. The summed E-state index contributed by atoms with van der Waals surface area (Å²) in [5.41, 5.74) is 9.31. The molecule has 1 radical (unpaired) electrons. The Morgan fingerprint density at radius 2 is 0.970 bits per heavy atom. The van der Waals surface area contributed by atoms with Crippen molar-refractivity contribution in [3.8, 4) is 11.5 Å². The summed E-state index contributed by atoms with van der Waals surface area (Å²) in [6.45, 7) is 0. The van der Waals surface area contributed by atoms with Gasteiger partial charge >= 0.3 is 16.8 Å². The van der Waals surface area contributed by atoms with E-state index in [2.05, 4.69) is 31.0 Å². The van der Waals surface area contributed by atoms with Gasteiger partial charge in [0.05, 0.1) is 11.1 Å². The number of para-hydroxylation sites is 2. The van der Waals surface area contributed by atoms with Gasteiger partial charge in [0.2, 0.25) is 0 Å². The van der Waals surface area contributed by atoms with E-state index in [1.807, 2.05) is 60.7 Å². The molecule has 2 aromatic heterocycles. The molecule has 33 heavy (non-hydrogen) atoms. The summed E-state index contributed by atoms with van der Waals surface area (Å²) in [4.78, 5) is 8.01. The van der Waals surface area contributed by atoms with Gasteiger partial charge in [-0.05, 0) is 23.8 Å². The molecule has 0 fully saturated rings. The van der Waals surface area contributed by atoms with Crippen LogP contribution in [0.2, 0.25) is 0 Å². The second kappa shape index (κ2) is 14.0. The van der Waals surface area contributed by atoms with Gasteiger partial charge in [0.15, 0.2) is 0 Å². The fraction of sp³-hybridized carbons (Fsp3) is 0. The van der Waals surface area contributed by atoms with Crippen molar-refractivity contribution in [2.45, 2.75) is 0 Å². The Morgan fingerprint density at radius 1 is 0.576 bits per heavy atom. The molecule has 0 amide bonds. The summed E-state index contributed by atoms with van der Waals surface area (Å²) in [6, 6.07) is 25.3. The summed E-state index contributed by atoms with van der Waals surface area (Å²) in [5, 5.41) is 23.0. The summed E-state index contributed by atoms with van der Waals surface area (Å²) >= 11 is 0. The first-order valence-corrected chi connectivity index (χ1v) is 9.64. The van der Waals surface area contributed by atoms with Crippen LogP contribution in [0.5, 0.6) is 11.5 Å². The van der Waals surface area contributed by atoms with Gasteiger partial charge in [-0.3, -0.25) is 10.2 Å². The second-order valence-corrected chi connectivity index (χ2v) is 6.24. The molecule has 0 spiro atoms. The summed E-state index contributed by atoms with van der Waals surface area (Å²) in [6.07, 6.45) is 6.42. The Hall–Kier alpha value is -4.21. The van der Waals surface area contributed by atoms with Crippen molar-refractivity contribution in [1.29, 1.82) is 0 Å². The largest absolute Gasteiger partial charge is 2.00 e. The Labute approximate surface area is 202 Å². The third-order valence-electron chi connectivity index (χ3n) is 3.93. The maximum absolute atomic E-state index is 7.61. The maximum Gasteiger partial charge on any atom is 2.00 e. The van der Waals surface area contributed by atoms with E-state index in [0.717, 1.165) is 11.1 Å². The van der Waals surface area contributed by atoms with Crippen molar-refractivity contribution < 1.29 is 27.0 Å². The van der Waals surface area contributed by atoms with Crippen molar-refractivity contribution >= 4 is 24.1 Å². The number of benzene rings is 2. The van der Waals surface area contributed by atoms with Crippen LogP contribution in [0.3, 0.4) is 0 Å². The van der Waals surface area contributed by atoms with Crippen LogP contribution in [-0.4, -0.2) is 32.6 Å². The van der Waals surface area contributed by atoms with Crippen molar-refractivity contribution in [3.05, 3.63) is 119 Å². The first-order valence-electron chi connectivity index (χ1n) is 9.64. The molecule has 0 aliphatic carbocycles. The predicted octanol–water partition coefficient (Wildman–Crippen LogP) is 5.12. The third-order valence-corrected chi connectivity index (χ3v) is 3.93. The second-order valence-electron chi connectivity index (χ2n) is 6.24. The Balaban J connectivity index is 0.000000227. The minimum absolute atomic E-state index is 0. The first-order chi connectivity index (χ1) is 15.7. The quantitative estimate of drug-likeness (QED) is 0.214. The maximum atomic E-state index is 7.61. The first kappa shape index (κ1) is 25.1. The molecule has 0 atom stereocenters. The molecule has 167 valence electrons. The monoisotopic (exact) mass is 485 g/mol. The van der Waals surface area contributed by atoms with Crippen molar-refractivity contribution in [2.24, 2.45) is 10.2 Å². The van der Waals surface area contributed by atoms with Crippen LogP contribution in [0.25, 0.3) is 10.9 Å². The number of rotatable bonds is 6. The van der Waals surface area contributed by atoms with Crippen molar-refractivity contribution in [3.63, 3.8) is 0 Å². The predicted molar refractivity (Wildman–Crippen MR) is 129 cm³/mol. The Bertz CT molecular complexity index is 1060. The number of aromatic nitrogens is 2. The minimum atomic E-state index is 0. The van der Waals surface area contributed by atoms with Gasteiger partial charge < -0.3 is 31.0 Å². The van der Waals surface area contributed by atoms with Crippen LogP contribution in [0.1, 0.15) is 11.1 Å². The molecule has 2 heterocycles. The van der Waals surface area contributed by atoms with Gasteiger partial charge in [-0.25, -0.2) is 0 Å². The average Bonchev–Trinajstić information content (AvgIpc) is 2.83. The number of hydrogen-bond donors (Lipinski definition) is 0. The van der Waals surface area contributed by atoms with Crippen molar-refractivity contribution in [2.75, 3.05) is 0 Å². The van der Waals surface area contributed by atoms with Crippen LogP contribution in [0.15, 0.2) is 108 Å². The van der Waals surface area contributed by atoms with Gasteiger partial charge in [-0.15, -0.1) is 0 Å². The molecule has 4 aromatic rings. The van der Waals surface area contributed by atoms with Gasteiger partial charge in [0, 0.05) is 24.6 Å². The van der Waals surface area contributed by atoms with E-state index in [1.165, 1.54) is 0 Å². The van der Waals surface area contributed by atoms with E-state index in [9.17, 15) is 0 Å². The molecule has 4 rings (SSSR count). The van der Waals surface area contributed by atoms with Crippen LogP contribution >= 0.6 is 0 Å². The van der Waals surface area contributed by atoms with Crippen LogP contribution in [0.4, 0.5) is 11.6 Å². The zero-order chi connectivity index (χ0) is 22.4. The zero-order valence-corrected chi connectivity index (χ0v) is 18.4. The minimum Gasteiger partial charge on any atom is -0.593 e. The fourth-order valence-corrected chi connectivity index (χ4v) is 2.35. The molecule has 0 unspecified atom stereocenters. The number of pyridine rings is 2. The molecular weight excluding hydrogens is 463 g/mol. The molecule has 0 aliphatic rings. The van der Waals surface area contributed by atoms with E-state index in [1.54, 1.807) is 49.1 Å². The zero-order valence-electron chi connectivity index (χ0n) is 17.4. The van der Waals surface area contributed by atoms with E-state index in [4.69, 9.17) is 10.2 Å². The van der Waals surface area contributed by atoms with Gasteiger partial charge in [0.1, 0.15) is 0 Å². The fourth-order valence-electron chi connectivity index (χ4n) is 2.35. The van der Waals surface area contributed by atoms with Gasteiger partial charge in [-0.1, -0.05) is 73.1 Å². The van der Waals surface area contributed by atoms with E-state index in [-0.39, 0.29) is 16.8 Å². The smallest absolute Gasteiger partial charge is 0.593 e. The summed E-state index contributed by atoms with van der Waals surface area (Å²) in [5.74, 6) is 1.98. The molecular formula is C24H22CoN6O2+2. The van der Waals surface area contributed by atoms with E-state index in [0.29, 0.717) is 23.1 Å². The molecule has 0 bridgehead atoms. The molecule has 0 saturated heterocycles.